The SMILES string of the molecule is CC[PH](CC)(CC)c1ccc(Cl)cc1. The topological polar surface area (TPSA) is 0 Å². The van der Waals surface area contributed by atoms with Gasteiger partial charge in [-0.2, -0.15) is 0 Å². The molecule has 0 saturated heterocycles. The van der Waals surface area contributed by atoms with Gasteiger partial charge in [0.05, 0.1) is 0 Å². The Morgan fingerprint density at radius 1 is 0.929 bits per heavy atom. The first-order valence-electron chi connectivity index (χ1n) is 5.44. The van der Waals surface area contributed by atoms with Crippen LogP contribution in [0.4, 0.5) is 0 Å². The summed E-state index contributed by atoms with van der Waals surface area (Å²) in [7, 11) is -1.18. The van der Waals surface area contributed by atoms with E-state index in [0.29, 0.717) is 0 Å². The van der Waals surface area contributed by atoms with Crippen molar-refractivity contribution in [1.29, 1.82) is 0 Å². The normalized spacial score (nSPS) is 12.9. The summed E-state index contributed by atoms with van der Waals surface area (Å²) in [6, 6.07) is 8.51. The van der Waals surface area contributed by atoms with Crippen LogP contribution in [0.3, 0.4) is 0 Å². The van der Waals surface area contributed by atoms with Crippen molar-refractivity contribution >= 4 is 24.2 Å². The minimum atomic E-state index is -1.18. The van der Waals surface area contributed by atoms with Crippen LogP contribution in [0.1, 0.15) is 20.8 Å². The van der Waals surface area contributed by atoms with Gasteiger partial charge in [0, 0.05) is 0 Å². The van der Waals surface area contributed by atoms with Crippen molar-refractivity contribution in [2.45, 2.75) is 20.8 Å². The van der Waals surface area contributed by atoms with Crippen LogP contribution in [0, 0.1) is 0 Å². The average Bonchev–Trinajstić information content (AvgIpc) is 2.24. The molecule has 0 atom stereocenters. The zero-order valence-corrected chi connectivity index (χ0v) is 11.1. The molecular formula is C12H20ClP. The second kappa shape index (κ2) is 5.14. The van der Waals surface area contributed by atoms with Gasteiger partial charge < -0.3 is 0 Å². The van der Waals surface area contributed by atoms with Crippen LogP contribution in [0.25, 0.3) is 0 Å². The summed E-state index contributed by atoms with van der Waals surface area (Å²) in [5, 5.41) is 2.41. The van der Waals surface area contributed by atoms with Crippen LogP contribution < -0.4 is 5.30 Å². The summed E-state index contributed by atoms with van der Waals surface area (Å²) >= 11 is 5.91. The van der Waals surface area contributed by atoms with Gasteiger partial charge in [0.25, 0.3) is 0 Å². The van der Waals surface area contributed by atoms with Gasteiger partial charge in [-0.15, -0.1) is 0 Å². The fourth-order valence-corrected chi connectivity index (χ4v) is 5.89. The van der Waals surface area contributed by atoms with E-state index >= 15 is 0 Å². The number of benzene rings is 1. The number of rotatable bonds is 4. The molecule has 0 amide bonds. The van der Waals surface area contributed by atoms with Gasteiger partial charge in [-0.05, 0) is 0 Å². The third-order valence-electron chi connectivity index (χ3n) is 3.49. The fraction of sp³-hybridized carbons (Fsp3) is 0.500. The van der Waals surface area contributed by atoms with Gasteiger partial charge in [-0.3, -0.25) is 0 Å². The Balaban J connectivity index is 3.05. The summed E-state index contributed by atoms with van der Waals surface area (Å²) in [6.07, 6.45) is 4.00. The number of halogens is 1. The van der Waals surface area contributed by atoms with E-state index in [4.69, 9.17) is 11.6 Å². The van der Waals surface area contributed by atoms with E-state index in [1.807, 2.05) is 12.1 Å². The third-order valence-corrected chi connectivity index (χ3v) is 9.36. The predicted octanol–water partition coefficient (Wildman–Crippen LogP) is 3.77. The van der Waals surface area contributed by atoms with Gasteiger partial charge in [-0.1, -0.05) is 0 Å². The van der Waals surface area contributed by atoms with E-state index in [-0.39, 0.29) is 0 Å². The van der Waals surface area contributed by atoms with E-state index in [0.717, 1.165) is 5.02 Å². The standard InChI is InChI=1S/C12H20ClP/c1-4-14(5-2,6-3)12-9-7-11(13)8-10-12/h7-10,14H,4-6H2,1-3H3. The van der Waals surface area contributed by atoms with Crippen LogP contribution in [0.2, 0.25) is 5.02 Å². The third kappa shape index (κ3) is 2.30. The van der Waals surface area contributed by atoms with Gasteiger partial charge in [0.2, 0.25) is 0 Å². The van der Waals surface area contributed by atoms with Crippen molar-refractivity contribution in [3.63, 3.8) is 0 Å². The van der Waals surface area contributed by atoms with Crippen LogP contribution in [-0.2, 0) is 0 Å². The molecule has 0 aromatic heterocycles. The summed E-state index contributed by atoms with van der Waals surface area (Å²) in [4.78, 5) is 0. The van der Waals surface area contributed by atoms with Gasteiger partial charge >= 0.3 is 92.7 Å². The molecule has 0 N–H and O–H groups in total. The summed E-state index contributed by atoms with van der Waals surface area (Å²) in [5.74, 6) is 0. The van der Waals surface area contributed by atoms with E-state index < -0.39 is 7.26 Å². The van der Waals surface area contributed by atoms with E-state index in [1.54, 1.807) is 5.30 Å². The number of hydrogen-bond acceptors (Lipinski definition) is 0. The molecule has 0 spiro atoms. The van der Waals surface area contributed by atoms with Crippen LogP contribution >= 0.6 is 18.9 Å². The first-order chi connectivity index (χ1) is 6.68. The van der Waals surface area contributed by atoms with Crippen LogP contribution in [0.15, 0.2) is 24.3 Å². The molecule has 1 rings (SSSR count). The molecule has 0 radical (unpaired) electrons. The molecule has 80 valence electrons. The molecule has 0 aliphatic rings. The Labute approximate surface area is 93.0 Å². The fourth-order valence-electron chi connectivity index (χ4n) is 2.17. The van der Waals surface area contributed by atoms with E-state index in [2.05, 4.69) is 32.9 Å². The molecule has 0 bridgehead atoms. The zero-order valence-electron chi connectivity index (χ0n) is 9.31. The van der Waals surface area contributed by atoms with Crippen molar-refractivity contribution in [3.8, 4) is 0 Å². The maximum atomic E-state index is 5.91. The molecule has 0 aliphatic carbocycles. The Bertz CT molecular complexity index is 267. The second-order valence-corrected chi connectivity index (χ2v) is 9.54. The Kier molecular flexibility index (Phi) is 4.41. The molecule has 1 aromatic carbocycles. The number of hydrogen-bond donors (Lipinski definition) is 0. The van der Waals surface area contributed by atoms with Gasteiger partial charge in [0.15, 0.2) is 0 Å². The summed E-state index contributed by atoms with van der Waals surface area (Å²) in [6.45, 7) is 6.98. The van der Waals surface area contributed by atoms with E-state index in [1.165, 1.54) is 18.5 Å². The molecule has 0 nitrogen and oxygen atoms in total. The van der Waals surface area contributed by atoms with Crippen molar-refractivity contribution in [2.24, 2.45) is 0 Å². The van der Waals surface area contributed by atoms with Gasteiger partial charge in [-0.25, -0.2) is 0 Å². The Hall–Kier alpha value is -0.0600. The Morgan fingerprint density at radius 2 is 1.36 bits per heavy atom. The summed E-state index contributed by atoms with van der Waals surface area (Å²) < 4.78 is 0. The maximum absolute atomic E-state index is 5.91. The van der Waals surface area contributed by atoms with Crippen molar-refractivity contribution in [1.82, 2.24) is 0 Å². The molecule has 2 heteroatoms. The second-order valence-electron chi connectivity index (χ2n) is 3.85. The molecular weight excluding hydrogens is 211 g/mol. The molecule has 0 unspecified atom stereocenters. The molecule has 0 heterocycles. The molecule has 0 aliphatic heterocycles. The Morgan fingerprint density at radius 3 is 1.71 bits per heavy atom. The average molecular weight is 231 g/mol. The van der Waals surface area contributed by atoms with Crippen LogP contribution in [-0.4, -0.2) is 18.5 Å². The first-order valence-corrected chi connectivity index (χ1v) is 8.44. The van der Waals surface area contributed by atoms with Crippen molar-refractivity contribution in [3.05, 3.63) is 29.3 Å². The molecule has 1 aromatic rings. The summed E-state index contributed by atoms with van der Waals surface area (Å²) in [5.41, 5.74) is 0. The molecule has 14 heavy (non-hydrogen) atoms. The van der Waals surface area contributed by atoms with E-state index in [9.17, 15) is 0 Å². The quantitative estimate of drug-likeness (QED) is 0.691. The monoisotopic (exact) mass is 230 g/mol. The predicted molar refractivity (Wildman–Crippen MR) is 71.0 cm³/mol. The molecule has 0 fully saturated rings. The first kappa shape index (κ1) is 12.0. The van der Waals surface area contributed by atoms with Crippen molar-refractivity contribution < 1.29 is 0 Å². The van der Waals surface area contributed by atoms with Crippen LogP contribution in [0.5, 0.6) is 0 Å². The van der Waals surface area contributed by atoms with Crippen molar-refractivity contribution in [2.75, 3.05) is 18.5 Å². The van der Waals surface area contributed by atoms with Gasteiger partial charge in [0.1, 0.15) is 0 Å². The zero-order chi connectivity index (χ0) is 10.6. The molecule has 0 saturated carbocycles. The minimum absolute atomic E-state index is 0.847.